The second-order valence-electron chi connectivity index (χ2n) is 7.90. The summed E-state index contributed by atoms with van der Waals surface area (Å²) < 4.78 is 13.2. The number of nitrogens with one attached hydrogen (secondary N) is 1. The number of aliphatic hydroxyl groups excluding tert-OH is 1. The minimum absolute atomic E-state index is 0.0864. The molecule has 0 unspecified atom stereocenters. The molecule has 0 saturated carbocycles. The van der Waals surface area contributed by atoms with Gasteiger partial charge in [-0.05, 0) is 48.0 Å². The van der Waals surface area contributed by atoms with Crippen LogP contribution in [0.4, 0.5) is 20.6 Å². The van der Waals surface area contributed by atoms with Crippen molar-refractivity contribution in [1.82, 2.24) is 9.88 Å². The van der Waals surface area contributed by atoms with Gasteiger partial charge in [0.1, 0.15) is 5.82 Å². The highest BCUT2D eigenvalue weighted by Gasteiger charge is 2.55. The van der Waals surface area contributed by atoms with Gasteiger partial charge in [0.05, 0.1) is 18.7 Å². The number of hydrogen-bond donors (Lipinski definition) is 2. The summed E-state index contributed by atoms with van der Waals surface area (Å²) in [6.45, 7) is 0.0980. The Kier molecular flexibility index (Phi) is 5.07. The third kappa shape index (κ3) is 3.29. The first-order chi connectivity index (χ1) is 15.6. The van der Waals surface area contributed by atoms with Gasteiger partial charge in [-0.25, -0.2) is 9.18 Å². The van der Waals surface area contributed by atoms with Gasteiger partial charge in [-0.15, -0.1) is 0 Å². The summed E-state index contributed by atoms with van der Waals surface area (Å²) in [4.78, 5) is 33.6. The van der Waals surface area contributed by atoms with E-state index in [1.54, 1.807) is 34.3 Å². The third-order valence-electron chi connectivity index (χ3n) is 6.19. The van der Waals surface area contributed by atoms with Crippen molar-refractivity contribution >= 4 is 23.3 Å². The van der Waals surface area contributed by atoms with E-state index in [9.17, 15) is 19.1 Å². The lowest BCUT2D eigenvalue weighted by atomic mass is 9.72. The molecule has 3 amide bonds. The number of pyridine rings is 1. The van der Waals surface area contributed by atoms with E-state index in [1.165, 1.54) is 24.3 Å². The van der Waals surface area contributed by atoms with Gasteiger partial charge < -0.3 is 20.2 Å². The number of likely N-dealkylation sites (tertiary alicyclic amines) is 1. The molecule has 2 aliphatic heterocycles. The number of aromatic nitrogens is 1. The van der Waals surface area contributed by atoms with Crippen LogP contribution in [-0.2, 0) is 0 Å². The van der Waals surface area contributed by atoms with Crippen LogP contribution in [0.3, 0.4) is 0 Å². The maximum Gasteiger partial charge on any atom is 0.322 e. The largest absolute Gasteiger partial charge is 0.394 e. The number of urea groups is 1. The van der Waals surface area contributed by atoms with Crippen LogP contribution < -0.4 is 10.2 Å². The average Bonchev–Trinajstić information content (AvgIpc) is 2.81. The number of para-hydroxylation sites is 1. The van der Waals surface area contributed by atoms with Crippen molar-refractivity contribution in [2.45, 2.75) is 18.0 Å². The number of hydrogen-bond acceptors (Lipinski definition) is 4. The lowest BCUT2D eigenvalue weighted by molar-refractivity contribution is -0.00265. The Hall–Kier alpha value is -3.78. The first-order valence-electron chi connectivity index (χ1n) is 10.3. The lowest BCUT2D eigenvalue weighted by Crippen LogP contribution is -2.71. The number of fused-ring (bicyclic) bond motifs is 3. The summed E-state index contributed by atoms with van der Waals surface area (Å²) in [7, 11) is 0. The van der Waals surface area contributed by atoms with E-state index < -0.39 is 17.9 Å². The zero-order chi connectivity index (χ0) is 22.2. The maximum absolute atomic E-state index is 13.3. The predicted octanol–water partition coefficient (Wildman–Crippen LogP) is 3.24. The number of halogens is 1. The van der Waals surface area contributed by atoms with Crippen molar-refractivity contribution in [2.24, 2.45) is 0 Å². The second-order valence-corrected chi connectivity index (χ2v) is 7.90. The van der Waals surface area contributed by atoms with Crippen molar-refractivity contribution in [3.8, 4) is 0 Å². The summed E-state index contributed by atoms with van der Waals surface area (Å²) in [6, 6.07) is 15.3. The Bertz CT molecular complexity index is 1160. The fourth-order valence-electron chi connectivity index (χ4n) is 4.73. The lowest BCUT2D eigenvalue weighted by Gasteiger charge is -2.58. The van der Waals surface area contributed by atoms with Crippen LogP contribution >= 0.6 is 0 Å². The minimum atomic E-state index is -0.417. The Balaban J connectivity index is 1.46. The van der Waals surface area contributed by atoms with Gasteiger partial charge in [0.2, 0.25) is 0 Å². The van der Waals surface area contributed by atoms with Gasteiger partial charge in [0.25, 0.3) is 5.91 Å². The zero-order valence-electron chi connectivity index (χ0n) is 17.1. The van der Waals surface area contributed by atoms with E-state index in [1.807, 2.05) is 24.3 Å². The minimum Gasteiger partial charge on any atom is -0.394 e. The van der Waals surface area contributed by atoms with Gasteiger partial charge >= 0.3 is 6.03 Å². The molecule has 5 rings (SSSR count). The van der Waals surface area contributed by atoms with E-state index >= 15 is 0 Å². The Labute approximate surface area is 184 Å². The van der Waals surface area contributed by atoms with Crippen LogP contribution in [0.15, 0.2) is 73.1 Å². The number of carbonyl (C=O) groups is 2. The van der Waals surface area contributed by atoms with Gasteiger partial charge in [-0.3, -0.25) is 9.78 Å². The topological polar surface area (TPSA) is 85.8 Å². The van der Waals surface area contributed by atoms with Gasteiger partial charge in [0.15, 0.2) is 0 Å². The molecule has 2 N–H and O–H groups in total. The van der Waals surface area contributed by atoms with E-state index in [4.69, 9.17) is 0 Å². The molecule has 0 spiro atoms. The van der Waals surface area contributed by atoms with Crippen LogP contribution in [0.5, 0.6) is 0 Å². The molecule has 162 valence electrons. The Morgan fingerprint density at radius 3 is 2.50 bits per heavy atom. The highest BCUT2D eigenvalue weighted by Crippen LogP contribution is 2.48. The highest BCUT2D eigenvalue weighted by molar-refractivity contribution is 6.07. The fourth-order valence-corrected chi connectivity index (χ4v) is 4.73. The average molecular weight is 432 g/mol. The molecule has 7 nitrogen and oxygen atoms in total. The van der Waals surface area contributed by atoms with Gasteiger partial charge in [-0.2, -0.15) is 0 Å². The molecule has 2 aromatic carbocycles. The van der Waals surface area contributed by atoms with Crippen LogP contribution in [0.2, 0.25) is 0 Å². The second kappa shape index (κ2) is 8.05. The molecule has 1 aromatic heterocycles. The summed E-state index contributed by atoms with van der Waals surface area (Å²) in [5.41, 5.74) is 2.68. The number of carbonyl (C=O) groups excluding carboxylic acids is 2. The number of amides is 3. The smallest absolute Gasteiger partial charge is 0.322 e. The molecule has 0 bridgehead atoms. The summed E-state index contributed by atoms with van der Waals surface area (Å²) in [5, 5.41) is 12.8. The van der Waals surface area contributed by atoms with Gasteiger partial charge in [-0.1, -0.05) is 18.2 Å². The van der Waals surface area contributed by atoms with Crippen LogP contribution in [0.1, 0.15) is 21.8 Å². The first-order valence-corrected chi connectivity index (χ1v) is 10.3. The SMILES string of the molecule is O=C(c1ccncc1)N1C[C@@H]2[C@H](c3ccccc31)[C@@H](CO)N2C(=O)Nc1ccc(F)cc1. The Morgan fingerprint density at radius 2 is 1.78 bits per heavy atom. The molecule has 1 saturated heterocycles. The van der Waals surface area contributed by atoms with Gasteiger partial charge in [0, 0.05) is 41.8 Å². The molecular weight excluding hydrogens is 411 g/mol. The zero-order valence-corrected chi connectivity index (χ0v) is 17.1. The quantitative estimate of drug-likeness (QED) is 0.665. The molecule has 32 heavy (non-hydrogen) atoms. The molecule has 1 fully saturated rings. The molecule has 2 aliphatic rings. The standard InChI is InChI=1S/C24H21FN4O3/c25-16-5-7-17(8-6-16)27-24(32)29-20-13-28(23(31)15-9-11-26-12-10-15)19-4-2-1-3-18(19)22(20)21(29)14-30/h1-12,20-22,30H,13-14H2,(H,27,32)/t20-,21-,22+/m1/s1. The number of benzene rings is 2. The van der Waals surface area contributed by atoms with Crippen LogP contribution in [-0.4, -0.2) is 52.2 Å². The van der Waals surface area contributed by atoms with Crippen molar-refractivity contribution in [2.75, 3.05) is 23.4 Å². The number of rotatable bonds is 3. The fraction of sp³-hybridized carbons (Fsp3) is 0.208. The molecule has 3 atom stereocenters. The van der Waals surface area contributed by atoms with E-state index in [0.29, 0.717) is 17.8 Å². The van der Waals surface area contributed by atoms with E-state index in [0.717, 1.165) is 11.3 Å². The molecular formula is C24H21FN4O3. The molecule has 3 heterocycles. The highest BCUT2D eigenvalue weighted by atomic mass is 19.1. The summed E-state index contributed by atoms with van der Waals surface area (Å²) in [6.07, 6.45) is 3.14. The summed E-state index contributed by atoms with van der Waals surface area (Å²) >= 11 is 0. The van der Waals surface area contributed by atoms with E-state index in [2.05, 4.69) is 10.3 Å². The van der Waals surface area contributed by atoms with Crippen molar-refractivity contribution < 1.29 is 19.1 Å². The van der Waals surface area contributed by atoms with Crippen molar-refractivity contribution in [1.29, 1.82) is 0 Å². The van der Waals surface area contributed by atoms with E-state index in [-0.39, 0.29) is 24.5 Å². The molecule has 3 aromatic rings. The monoisotopic (exact) mass is 432 g/mol. The van der Waals surface area contributed by atoms with Crippen molar-refractivity contribution in [3.05, 3.63) is 90.0 Å². The van der Waals surface area contributed by atoms with Crippen LogP contribution in [0.25, 0.3) is 0 Å². The first kappa shape index (κ1) is 20.1. The molecule has 0 radical (unpaired) electrons. The Morgan fingerprint density at radius 1 is 1.06 bits per heavy atom. The summed E-state index contributed by atoms with van der Waals surface area (Å²) in [5.74, 6) is -0.657. The molecule has 8 heteroatoms. The predicted molar refractivity (Wildman–Crippen MR) is 117 cm³/mol. The molecule has 0 aliphatic carbocycles. The van der Waals surface area contributed by atoms with Crippen molar-refractivity contribution in [3.63, 3.8) is 0 Å². The third-order valence-corrected chi connectivity index (χ3v) is 6.19. The number of nitrogens with zero attached hydrogens (tertiary/aromatic N) is 3. The number of anilines is 2. The van der Waals surface area contributed by atoms with Crippen LogP contribution in [0, 0.1) is 5.82 Å². The maximum atomic E-state index is 13.3. The normalized spacial score (nSPS) is 21.2. The number of aliphatic hydroxyl groups is 1.